The lowest BCUT2D eigenvalue weighted by Gasteiger charge is -2.33. The van der Waals surface area contributed by atoms with Crippen LogP contribution in [0.1, 0.15) is 27.0 Å². The Kier molecular flexibility index (Phi) is 6.10. The average molecular weight is 432 g/mol. The van der Waals surface area contributed by atoms with Gasteiger partial charge in [-0.05, 0) is 11.1 Å². The van der Waals surface area contributed by atoms with Crippen molar-refractivity contribution in [1.82, 2.24) is 0 Å². The first kappa shape index (κ1) is 22.0. The zero-order chi connectivity index (χ0) is 22.8. The molecule has 0 saturated carbocycles. The van der Waals surface area contributed by atoms with Gasteiger partial charge in [-0.25, -0.2) is 22.4 Å². The monoisotopic (exact) mass is 432 g/mol. The Balaban J connectivity index is 2.56. The highest BCUT2D eigenvalue weighted by molar-refractivity contribution is 5.94. The fraction of sp³-hybridized carbons (Fsp3) is 0.130. The molecule has 0 fully saturated rings. The summed E-state index contributed by atoms with van der Waals surface area (Å²) < 4.78 is 69.5. The van der Waals surface area contributed by atoms with Gasteiger partial charge in [0.15, 0.2) is 23.3 Å². The summed E-state index contributed by atoms with van der Waals surface area (Å²) in [6.45, 7) is 0. The third-order valence-corrected chi connectivity index (χ3v) is 4.93. The molecule has 0 aromatic heterocycles. The van der Waals surface area contributed by atoms with Crippen molar-refractivity contribution in [3.8, 4) is 0 Å². The van der Waals surface area contributed by atoms with Crippen molar-refractivity contribution < 1.29 is 36.6 Å². The molecular formula is C23H16F4O4. The fourth-order valence-corrected chi connectivity index (χ4v) is 3.56. The molecule has 3 aromatic rings. The van der Waals surface area contributed by atoms with E-state index in [2.05, 4.69) is 4.74 Å². The second-order valence-electron chi connectivity index (χ2n) is 6.47. The molecule has 0 aliphatic heterocycles. The summed E-state index contributed by atoms with van der Waals surface area (Å²) in [5, 5.41) is 0. The van der Waals surface area contributed by atoms with Crippen molar-refractivity contribution >= 4 is 11.9 Å². The van der Waals surface area contributed by atoms with Crippen molar-refractivity contribution in [3.63, 3.8) is 0 Å². The second-order valence-corrected chi connectivity index (χ2v) is 6.47. The number of ether oxygens (including phenoxy) is 2. The number of carbonyl (C=O) groups is 2. The molecule has 0 unspecified atom stereocenters. The van der Waals surface area contributed by atoms with E-state index in [1.165, 1.54) is 48.5 Å². The predicted molar refractivity (Wildman–Crippen MR) is 102 cm³/mol. The number of carbonyl (C=O) groups excluding carboxylic acids is 2. The van der Waals surface area contributed by atoms with Gasteiger partial charge in [-0.2, -0.15) is 0 Å². The van der Waals surface area contributed by atoms with E-state index >= 15 is 8.78 Å². The number of hydrogen-bond donors (Lipinski definition) is 0. The summed E-state index contributed by atoms with van der Waals surface area (Å²) in [5.41, 5.74) is -5.21. The van der Waals surface area contributed by atoms with Crippen LogP contribution in [0.5, 0.6) is 0 Å². The van der Waals surface area contributed by atoms with Crippen LogP contribution >= 0.6 is 0 Å². The van der Waals surface area contributed by atoms with E-state index in [1.54, 1.807) is 12.1 Å². The minimum atomic E-state index is -2.41. The predicted octanol–water partition coefficient (Wildman–Crippen LogP) is 4.54. The second kappa shape index (κ2) is 8.59. The maximum absolute atomic E-state index is 15.4. The van der Waals surface area contributed by atoms with E-state index in [1.807, 2.05) is 0 Å². The molecule has 0 saturated heterocycles. The molecule has 0 heterocycles. The van der Waals surface area contributed by atoms with E-state index in [0.717, 1.165) is 14.2 Å². The minimum Gasteiger partial charge on any atom is -0.468 e. The van der Waals surface area contributed by atoms with Crippen molar-refractivity contribution in [2.45, 2.75) is 5.41 Å². The lowest BCUT2D eigenvalue weighted by Crippen LogP contribution is -2.42. The van der Waals surface area contributed by atoms with E-state index in [9.17, 15) is 18.4 Å². The first-order valence-corrected chi connectivity index (χ1v) is 8.96. The van der Waals surface area contributed by atoms with E-state index in [0.29, 0.717) is 0 Å². The highest BCUT2D eigenvalue weighted by Crippen LogP contribution is 2.44. The van der Waals surface area contributed by atoms with Crippen LogP contribution in [-0.2, 0) is 19.7 Å². The highest BCUT2D eigenvalue weighted by atomic mass is 19.2. The van der Waals surface area contributed by atoms with Crippen LogP contribution in [0, 0.1) is 23.3 Å². The molecule has 8 heteroatoms. The van der Waals surface area contributed by atoms with Crippen LogP contribution < -0.4 is 0 Å². The summed E-state index contributed by atoms with van der Waals surface area (Å²) in [4.78, 5) is 24.9. The molecular weight excluding hydrogens is 416 g/mol. The molecule has 3 rings (SSSR count). The van der Waals surface area contributed by atoms with E-state index in [4.69, 9.17) is 4.74 Å². The molecule has 0 radical (unpaired) electrons. The standard InChI is InChI=1S/C23H16F4O4/c1-30-21(28)15-17(24)19(26)16(20(27)18(15)25)23(22(29)31-2,13-9-5-3-6-10-13)14-11-7-4-8-12-14/h3-12H,1-2H3. The quantitative estimate of drug-likeness (QED) is 0.257. The van der Waals surface area contributed by atoms with Gasteiger partial charge in [0.25, 0.3) is 0 Å². The van der Waals surface area contributed by atoms with Crippen molar-refractivity contribution in [2.75, 3.05) is 14.2 Å². The van der Waals surface area contributed by atoms with Gasteiger partial charge in [-0.3, -0.25) is 4.79 Å². The minimum absolute atomic E-state index is 0.00420. The van der Waals surface area contributed by atoms with Crippen molar-refractivity contribution in [1.29, 1.82) is 0 Å². The SMILES string of the molecule is COC(=O)c1c(F)c(F)c(C(C(=O)OC)(c2ccccc2)c2ccccc2)c(F)c1F. The van der Waals surface area contributed by atoms with Gasteiger partial charge in [0.2, 0.25) is 0 Å². The molecule has 4 nitrogen and oxygen atoms in total. The van der Waals surface area contributed by atoms with Crippen molar-refractivity contribution in [3.05, 3.63) is 106 Å². The van der Waals surface area contributed by atoms with Gasteiger partial charge >= 0.3 is 11.9 Å². The molecule has 160 valence electrons. The summed E-state index contributed by atoms with van der Waals surface area (Å²) in [5.74, 6) is -10.6. The largest absolute Gasteiger partial charge is 0.468 e. The van der Waals surface area contributed by atoms with Crippen LogP contribution in [0.25, 0.3) is 0 Å². The number of hydrogen-bond acceptors (Lipinski definition) is 4. The van der Waals surface area contributed by atoms with Crippen LogP contribution in [0.3, 0.4) is 0 Å². The summed E-state index contributed by atoms with van der Waals surface area (Å²) >= 11 is 0. The third-order valence-electron chi connectivity index (χ3n) is 4.93. The molecule has 0 aliphatic carbocycles. The van der Waals surface area contributed by atoms with Gasteiger partial charge in [0.1, 0.15) is 11.0 Å². The average Bonchev–Trinajstić information content (AvgIpc) is 2.81. The number of halogens is 4. The maximum atomic E-state index is 15.4. The Morgan fingerprint density at radius 3 is 1.45 bits per heavy atom. The van der Waals surface area contributed by atoms with Gasteiger partial charge in [0, 0.05) is 0 Å². The van der Waals surface area contributed by atoms with Crippen LogP contribution in [0.2, 0.25) is 0 Å². The molecule has 0 aliphatic rings. The summed E-state index contributed by atoms with van der Waals surface area (Å²) in [7, 11) is 1.78. The number of rotatable bonds is 5. The zero-order valence-electron chi connectivity index (χ0n) is 16.4. The Hall–Kier alpha value is -3.68. The number of esters is 2. The molecule has 0 amide bonds. The Morgan fingerprint density at radius 2 is 1.10 bits per heavy atom. The normalized spacial score (nSPS) is 11.2. The lowest BCUT2D eigenvalue weighted by molar-refractivity contribution is -0.144. The van der Waals surface area contributed by atoms with Gasteiger partial charge in [0.05, 0.1) is 19.8 Å². The topological polar surface area (TPSA) is 52.6 Å². The highest BCUT2D eigenvalue weighted by Gasteiger charge is 2.51. The smallest absolute Gasteiger partial charge is 0.344 e. The fourth-order valence-electron chi connectivity index (χ4n) is 3.56. The van der Waals surface area contributed by atoms with Gasteiger partial charge < -0.3 is 9.47 Å². The van der Waals surface area contributed by atoms with Crippen LogP contribution in [-0.4, -0.2) is 26.2 Å². The molecule has 0 bridgehead atoms. The molecule has 0 spiro atoms. The molecule has 3 aromatic carbocycles. The first-order valence-electron chi connectivity index (χ1n) is 8.96. The maximum Gasteiger partial charge on any atom is 0.344 e. The Morgan fingerprint density at radius 1 is 0.677 bits per heavy atom. The van der Waals surface area contributed by atoms with Gasteiger partial charge in [-0.1, -0.05) is 60.7 Å². The van der Waals surface area contributed by atoms with E-state index in [-0.39, 0.29) is 11.1 Å². The third kappa shape index (κ3) is 3.34. The Labute approximate surface area is 175 Å². The lowest BCUT2D eigenvalue weighted by atomic mass is 9.68. The van der Waals surface area contributed by atoms with Crippen molar-refractivity contribution in [2.24, 2.45) is 0 Å². The van der Waals surface area contributed by atoms with Crippen LogP contribution in [0.4, 0.5) is 17.6 Å². The number of benzene rings is 3. The summed E-state index contributed by atoms with van der Waals surface area (Å²) in [6.07, 6.45) is 0. The first-order chi connectivity index (χ1) is 14.8. The van der Waals surface area contributed by atoms with E-state index < -0.39 is 51.7 Å². The van der Waals surface area contributed by atoms with Gasteiger partial charge in [-0.15, -0.1) is 0 Å². The number of methoxy groups -OCH3 is 2. The Bertz CT molecular complexity index is 1060. The van der Waals surface area contributed by atoms with Crippen LogP contribution in [0.15, 0.2) is 60.7 Å². The summed E-state index contributed by atoms with van der Waals surface area (Å²) in [6, 6.07) is 14.6. The molecule has 0 atom stereocenters. The molecule has 31 heavy (non-hydrogen) atoms. The molecule has 0 N–H and O–H groups in total. The zero-order valence-corrected chi connectivity index (χ0v) is 16.4.